The molecule has 0 N–H and O–H groups in total. The predicted molar refractivity (Wildman–Crippen MR) is 141 cm³/mol. The van der Waals surface area contributed by atoms with Gasteiger partial charge in [-0.3, -0.25) is 0 Å². The Morgan fingerprint density at radius 1 is 0.974 bits per heavy atom. The first-order valence-corrected chi connectivity index (χ1v) is 14.7. The van der Waals surface area contributed by atoms with Gasteiger partial charge in [-0.15, -0.1) is 0 Å². The second-order valence-electron chi connectivity index (χ2n) is 9.57. The number of ether oxygens (including phenoxy) is 1. The van der Waals surface area contributed by atoms with Crippen LogP contribution in [0.15, 0.2) is 54.9 Å². The summed E-state index contributed by atoms with van der Waals surface area (Å²) in [5, 5.41) is 0.795. The molecule has 2 aliphatic heterocycles. The molecule has 1 amide bonds. The molecule has 0 saturated carbocycles. The van der Waals surface area contributed by atoms with E-state index >= 15 is 0 Å². The molecule has 0 atom stereocenters. The number of aromatic nitrogens is 3. The summed E-state index contributed by atoms with van der Waals surface area (Å²) in [5.41, 5.74) is 1.77. The molecule has 0 bridgehead atoms. The molecule has 0 spiro atoms. The zero-order valence-electron chi connectivity index (χ0n) is 20.8. The average molecular weight is 578 g/mol. The number of halogens is 2. The van der Waals surface area contributed by atoms with Crippen LogP contribution in [0.1, 0.15) is 28.8 Å². The van der Waals surface area contributed by atoms with E-state index in [1.54, 1.807) is 17.0 Å². The summed E-state index contributed by atoms with van der Waals surface area (Å²) in [7, 11) is 0. The SMILES string of the molecule is O=C(c1ccc([As]c2ncc3ccn(-c4cc(F)c(CN5CCCC5)c(F)c4)c3n2)cc1)N1CCOCC1. The topological polar surface area (TPSA) is 63.5 Å². The first-order valence-electron chi connectivity index (χ1n) is 12.8. The van der Waals surface area contributed by atoms with Gasteiger partial charge in [0.15, 0.2) is 0 Å². The van der Waals surface area contributed by atoms with Crippen LogP contribution in [-0.4, -0.2) is 85.4 Å². The van der Waals surface area contributed by atoms with Crippen LogP contribution in [0, 0.1) is 11.6 Å². The Morgan fingerprint density at radius 3 is 2.39 bits per heavy atom. The fourth-order valence-electron chi connectivity index (χ4n) is 4.96. The van der Waals surface area contributed by atoms with Crippen LogP contribution in [-0.2, 0) is 11.3 Å². The molecule has 195 valence electrons. The molecule has 4 aromatic rings. The van der Waals surface area contributed by atoms with Gasteiger partial charge in [-0.1, -0.05) is 0 Å². The standard InChI is InChI=1S/C28H27AsF2N5O2/c30-24-15-22(16-25(31)23(24)18-34-8-1-2-9-34)36-10-7-20-17-32-28(33-26(20)36)29-21-5-3-19(4-6-21)27(37)35-11-13-38-14-12-35/h3-7,10,15-17H,1-2,8-9,11-14,18H2. The van der Waals surface area contributed by atoms with Crippen LogP contribution in [0.5, 0.6) is 0 Å². The van der Waals surface area contributed by atoms with E-state index in [-0.39, 0.29) is 18.0 Å². The molecule has 4 heterocycles. The number of fused-ring (bicyclic) bond motifs is 1. The van der Waals surface area contributed by atoms with E-state index in [1.807, 2.05) is 35.2 Å². The summed E-state index contributed by atoms with van der Waals surface area (Å²) < 4.78 is 38.7. The molecule has 7 nitrogen and oxygen atoms in total. The summed E-state index contributed by atoms with van der Waals surface area (Å²) in [6.07, 6.45) is 5.64. The van der Waals surface area contributed by atoms with Gasteiger partial charge in [0.05, 0.1) is 0 Å². The molecule has 10 heteroatoms. The van der Waals surface area contributed by atoms with E-state index in [1.165, 1.54) is 12.1 Å². The number of hydrogen-bond acceptors (Lipinski definition) is 5. The first-order chi connectivity index (χ1) is 18.5. The first kappa shape index (κ1) is 25.2. The monoisotopic (exact) mass is 578 g/mol. The number of morpholine rings is 1. The normalized spacial score (nSPS) is 16.7. The Balaban J connectivity index is 1.21. The minimum absolute atomic E-state index is 0.0116. The molecule has 2 aromatic carbocycles. The molecule has 0 unspecified atom stereocenters. The van der Waals surface area contributed by atoms with Gasteiger partial charge in [0, 0.05) is 0 Å². The molecule has 38 heavy (non-hydrogen) atoms. The fourth-order valence-corrected chi connectivity index (χ4v) is 6.61. The molecular weight excluding hydrogens is 551 g/mol. The third-order valence-electron chi connectivity index (χ3n) is 7.04. The van der Waals surface area contributed by atoms with Gasteiger partial charge in [0.2, 0.25) is 0 Å². The Bertz CT molecular complexity index is 1440. The van der Waals surface area contributed by atoms with Crippen LogP contribution < -0.4 is 8.96 Å². The van der Waals surface area contributed by atoms with Crippen molar-refractivity contribution < 1.29 is 18.3 Å². The van der Waals surface area contributed by atoms with Crippen LogP contribution in [0.3, 0.4) is 0 Å². The molecular formula is C28H27AsF2N5O2. The van der Waals surface area contributed by atoms with Gasteiger partial charge in [-0.25, -0.2) is 0 Å². The number of benzene rings is 2. The van der Waals surface area contributed by atoms with E-state index in [4.69, 9.17) is 9.72 Å². The van der Waals surface area contributed by atoms with Crippen LogP contribution in [0.2, 0.25) is 0 Å². The number of amides is 1. The molecule has 0 aliphatic carbocycles. The van der Waals surface area contributed by atoms with Crippen molar-refractivity contribution in [1.29, 1.82) is 0 Å². The summed E-state index contributed by atoms with van der Waals surface area (Å²) in [5.74, 6) is -1.07. The Hall–Kier alpha value is -3.13. The van der Waals surface area contributed by atoms with Gasteiger partial charge < -0.3 is 0 Å². The van der Waals surface area contributed by atoms with Gasteiger partial charge in [0.25, 0.3) is 0 Å². The second kappa shape index (κ2) is 10.9. The van der Waals surface area contributed by atoms with Crippen molar-refractivity contribution in [2.45, 2.75) is 19.4 Å². The van der Waals surface area contributed by atoms with E-state index in [0.717, 1.165) is 35.7 Å². The number of carbonyl (C=O) groups excluding carboxylic acids is 1. The van der Waals surface area contributed by atoms with Crippen molar-refractivity contribution in [3.05, 3.63) is 77.6 Å². The number of likely N-dealkylation sites (tertiary alicyclic amines) is 1. The average Bonchev–Trinajstić information content (AvgIpc) is 3.61. The van der Waals surface area contributed by atoms with E-state index in [2.05, 4.69) is 9.88 Å². The Morgan fingerprint density at radius 2 is 1.68 bits per heavy atom. The maximum absolute atomic E-state index is 15.0. The zero-order valence-corrected chi connectivity index (χ0v) is 22.7. The van der Waals surface area contributed by atoms with Gasteiger partial charge in [-0.2, -0.15) is 0 Å². The number of carbonyl (C=O) groups is 1. The van der Waals surface area contributed by atoms with Crippen molar-refractivity contribution in [3.8, 4) is 5.69 Å². The molecule has 6 rings (SSSR count). The second-order valence-corrected chi connectivity index (χ2v) is 12.0. The summed E-state index contributed by atoms with van der Waals surface area (Å²) in [6.45, 7) is 4.38. The number of rotatable bonds is 6. The molecule has 2 aliphatic rings. The Labute approximate surface area is 226 Å². The minimum atomic E-state index is -0.544. The van der Waals surface area contributed by atoms with Gasteiger partial charge >= 0.3 is 226 Å². The van der Waals surface area contributed by atoms with Crippen molar-refractivity contribution in [3.63, 3.8) is 0 Å². The third kappa shape index (κ3) is 5.23. The molecule has 2 aromatic heterocycles. The van der Waals surface area contributed by atoms with Crippen LogP contribution in [0.4, 0.5) is 8.78 Å². The van der Waals surface area contributed by atoms with E-state index in [0.29, 0.717) is 47.8 Å². The third-order valence-corrected chi connectivity index (χ3v) is 9.08. The van der Waals surface area contributed by atoms with Gasteiger partial charge in [-0.05, 0) is 0 Å². The summed E-state index contributed by atoms with van der Waals surface area (Å²) >= 11 is -0.544. The summed E-state index contributed by atoms with van der Waals surface area (Å²) in [4.78, 5) is 25.9. The predicted octanol–water partition coefficient (Wildman–Crippen LogP) is 2.42. The van der Waals surface area contributed by atoms with Crippen LogP contribution >= 0.6 is 0 Å². The van der Waals surface area contributed by atoms with E-state index < -0.39 is 27.4 Å². The fraction of sp³-hybridized carbons (Fsp3) is 0.321. The number of hydrogen-bond donors (Lipinski definition) is 0. The van der Waals surface area contributed by atoms with Crippen molar-refractivity contribution >= 4 is 41.7 Å². The zero-order chi connectivity index (χ0) is 26.1. The van der Waals surface area contributed by atoms with Gasteiger partial charge in [0.1, 0.15) is 0 Å². The van der Waals surface area contributed by atoms with E-state index in [9.17, 15) is 13.6 Å². The molecule has 2 saturated heterocycles. The van der Waals surface area contributed by atoms with Crippen molar-refractivity contribution in [2.24, 2.45) is 0 Å². The quantitative estimate of drug-likeness (QED) is 0.329. The van der Waals surface area contributed by atoms with Crippen molar-refractivity contribution in [1.82, 2.24) is 24.3 Å². The summed E-state index contributed by atoms with van der Waals surface area (Å²) in [6, 6.07) is 12.2. The van der Waals surface area contributed by atoms with Crippen molar-refractivity contribution in [2.75, 3.05) is 39.4 Å². The Kier molecular flexibility index (Phi) is 7.24. The molecule has 2 fully saturated rings. The number of nitrogens with zero attached hydrogens (tertiary/aromatic N) is 5. The van der Waals surface area contributed by atoms with Crippen LogP contribution in [0.25, 0.3) is 16.7 Å². The maximum atomic E-state index is 15.0. The molecule has 1 radical (unpaired) electrons.